The lowest BCUT2D eigenvalue weighted by atomic mass is 10.1. The fraction of sp³-hybridized carbons (Fsp3) is 0.450. The first-order chi connectivity index (χ1) is 13.7. The summed E-state index contributed by atoms with van der Waals surface area (Å²) >= 11 is 0. The molecule has 0 amide bonds. The molecule has 0 spiro atoms. The highest BCUT2D eigenvalue weighted by Crippen LogP contribution is 2.28. The van der Waals surface area contributed by atoms with Crippen molar-refractivity contribution in [1.82, 2.24) is 24.8 Å². The summed E-state index contributed by atoms with van der Waals surface area (Å²) in [4.78, 5) is 13.3. The summed E-state index contributed by atoms with van der Waals surface area (Å²) in [7, 11) is 3.32. The van der Waals surface area contributed by atoms with E-state index in [1.807, 2.05) is 18.2 Å². The SMILES string of the molecule is CCNCCCCn1c(Cc2cc(OC)ccc2OC)nc2c(N)ncnc21. The first-order valence-electron chi connectivity index (χ1n) is 9.55. The highest BCUT2D eigenvalue weighted by atomic mass is 16.5. The zero-order chi connectivity index (χ0) is 19.9. The molecule has 3 rings (SSSR count). The molecule has 0 aliphatic carbocycles. The van der Waals surface area contributed by atoms with Gasteiger partial charge < -0.3 is 25.1 Å². The monoisotopic (exact) mass is 384 g/mol. The van der Waals surface area contributed by atoms with Gasteiger partial charge in [0.15, 0.2) is 17.0 Å². The maximum absolute atomic E-state index is 6.05. The number of aromatic nitrogens is 4. The minimum absolute atomic E-state index is 0.398. The third kappa shape index (κ3) is 4.33. The summed E-state index contributed by atoms with van der Waals surface area (Å²) in [6, 6.07) is 5.77. The number of anilines is 1. The molecule has 0 saturated carbocycles. The van der Waals surface area contributed by atoms with E-state index in [0.29, 0.717) is 17.8 Å². The van der Waals surface area contributed by atoms with Crippen LogP contribution in [0.3, 0.4) is 0 Å². The smallest absolute Gasteiger partial charge is 0.165 e. The van der Waals surface area contributed by atoms with Crippen LogP contribution in [0.25, 0.3) is 11.2 Å². The van der Waals surface area contributed by atoms with Crippen molar-refractivity contribution in [3.05, 3.63) is 35.9 Å². The van der Waals surface area contributed by atoms with E-state index in [4.69, 9.17) is 20.2 Å². The van der Waals surface area contributed by atoms with E-state index in [0.717, 1.165) is 61.0 Å². The van der Waals surface area contributed by atoms with Crippen LogP contribution >= 0.6 is 0 Å². The van der Waals surface area contributed by atoms with Crippen molar-refractivity contribution in [2.45, 2.75) is 32.7 Å². The Labute approximate surface area is 165 Å². The molecule has 0 fully saturated rings. The molecule has 150 valence electrons. The van der Waals surface area contributed by atoms with Gasteiger partial charge in [-0.15, -0.1) is 0 Å². The molecule has 0 aliphatic rings. The molecular formula is C20H28N6O2. The van der Waals surface area contributed by atoms with Gasteiger partial charge in [0.25, 0.3) is 0 Å². The van der Waals surface area contributed by atoms with Crippen LogP contribution in [-0.2, 0) is 13.0 Å². The predicted octanol–water partition coefficient (Wildman–Crippen LogP) is 2.41. The van der Waals surface area contributed by atoms with Gasteiger partial charge in [-0.25, -0.2) is 15.0 Å². The van der Waals surface area contributed by atoms with Crippen molar-refractivity contribution >= 4 is 17.0 Å². The molecule has 28 heavy (non-hydrogen) atoms. The summed E-state index contributed by atoms with van der Waals surface area (Å²) in [5, 5.41) is 3.36. The molecule has 3 N–H and O–H groups in total. The lowest BCUT2D eigenvalue weighted by Gasteiger charge is -2.12. The van der Waals surface area contributed by atoms with Crippen LogP contribution in [0.2, 0.25) is 0 Å². The highest BCUT2D eigenvalue weighted by molar-refractivity contribution is 5.81. The van der Waals surface area contributed by atoms with Gasteiger partial charge in [-0.3, -0.25) is 0 Å². The molecule has 8 heteroatoms. The van der Waals surface area contributed by atoms with Crippen molar-refractivity contribution in [2.24, 2.45) is 0 Å². The molecule has 3 aromatic rings. The van der Waals surface area contributed by atoms with Crippen molar-refractivity contribution in [3.8, 4) is 11.5 Å². The molecular weight excluding hydrogens is 356 g/mol. The van der Waals surface area contributed by atoms with Gasteiger partial charge in [-0.1, -0.05) is 6.92 Å². The molecule has 0 unspecified atom stereocenters. The van der Waals surface area contributed by atoms with Crippen LogP contribution in [0.1, 0.15) is 31.2 Å². The Morgan fingerprint density at radius 2 is 2.00 bits per heavy atom. The fourth-order valence-electron chi connectivity index (χ4n) is 3.26. The molecule has 0 aliphatic heterocycles. The van der Waals surface area contributed by atoms with Gasteiger partial charge in [-0.2, -0.15) is 0 Å². The zero-order valence-corrected chi connectivity index (χ0v) is 16.7. The number of rotatable bonds is 10. The van der Waals surface area contributed by atoms with Gasteiger partial charge in [0.2, 0.25) is 0 Å². The maximum atomic E-state index is 6.05. The standard InChI is InChI=1S/C20H28N6O2/c1-4-22-9-5-6-10-26-17(25-18-19(21)23-13-24-20(18)26)12-14-11-15(27-2)7-8-16(14)28-3/h7-8,11,13,22H,4-6,9-10,12H2,1-3H3,(H2,21,23,24). The molecule has 2 heterocycles. The Hall–Kier alpha value is -2.87. The van der Waals surface area contributed by atoms with Gasteiger partial charge in [0.1, 0.15) is 23.7 Å². The molecule has 0 atom stereocenters. The number of benzene rings is 1. The summed E-state index contributed by atoms with van der Waals surface area (Å²) < 4.78 is 13.0. The molecule has 0 bridgehead atoms. The molecule has 2 aromatic heterocycles. The Balaban J connectivity index is 1.93. The van der Waals surface area contributed by atoms with E-state index in [-0.39, 0.29) is 0 Å². The number of fused-ring (bicyclic) bond motifs is 1. The largest absolute Gasteiger partial charge is 0.497 e. The fourth-order valence-corrected chi connectivity index (χ4v) is 3.26. The quantitative estimate of drug-likeness (QED) is 0.518. The number of nitrogens with two attached hydrogens (primary N) is 1. The lowest BCUT2D eigenvalue weighted by molar-refractivity contribution is 0.399. The summed E-state index contributed by atoms with van der Waals surface area (Å²) in [6.07, 6.45) is 4.17. The normalized spacial score (nSPS) is 11.1. The Morgan fingerprint density at radius 1 is 1.14 bits per heavy atom. The van der Waals surface area contributed by atoms with E-state index in [9.17, 15) is 0 Å². The molecule has 0 saturated heterocycles. The predicted molar refractivity (Wildman–Crippen MR) is 110 cm³/mol. The number of methoxy groups -OCH3 is 2. The third-order valence-electron chi connectivity index (χ3n) is 4.71. The number of imidazole rings is 1. The van der Waals surface area contributed by atoms with Crippen molar-refractivity contribution in [2.75, 3.05) is 33.0 Å². The minimum atomic E-state index is 0.398. The van der Waals surface area contributed by atoms with Crippen molar-refractivity contribution < 1.29 is 9.47 Å². The first-order valence-corrected chi connectivity index (χ1v) is 9.55. The van der Waals surface area contributed by atoms with E-state index in [2.05, 4.69) is 26.8 Å². The van der Waals surface area contributed by atoms with Crippen molar-refractivity contribution in [3.63, 3.8) is 0 Å². The summed E-state index contributed by atoms with van der Waals surface area (Å²) in [5.41, 5.74) is 8.46. The summed E-state index contributed by atoms with van der Waals surface area (Å²) in [5.74, 6) is 2.86. The number of hydrogen-bond acceptors (Lipinski definition) is 7. The van der Waals surface area contributed by atoms with Crippen LogP contribution in [0.4, 0.5) is 5.82 Å². The zero-order valence-electron chi connectivity index (χ0n) is 16.7. The van der Waals surface area contributed by atoms with Gasteiger partial charge in [-0.05, 0) is 44.1 Å². The number of aryl methyl sites for hydroxylation is 1. The molecule has 0 radical (unpaired) electrons. The number of nitrogen functional groups attached to an aromatic ring is 1. The van der Waals surface area contributed by atoms with Crippen LogP contribution in [-0.4, -0.2) is 46.8 Å². The van der Waals surface area contributed by atoms with Crippen LogP contribution < -0.4 is 20.5 Å². The van der Waals surface area contributed by atoms with E-state index >= 15 is 0 Å². The topological polar surface area (TPSA) is 100 Å². The second-order valence-corrected chi connectivity index (χ2v) is 6.53. The average molecular weight is 384 g/mol. The number of nitrogens with zero attached hydrogens (tertiary/aromatic N) is 4. The first kappa shape index (κ1) is 19.9. The number of hydrogen-bond donors (Lipinski definition) is 2. The second-order valence-electron chi connectivity index (χ2n) is 6.53. The molecule has 1 aromatic carbocycles. The molecule has 8 nitrogen and oxygen atoms in total. The van der Waals surface area contributed by atoms with Crippen LogP contribution in [0.15, 0.2) is 24.5 Å². The summed E-state index contributed by atoms with van der Waals surface area (Å²) in [6.45, 7) is 4.92. The number of ether oxygens (including phenoxy) is 2. The van der Waals surface area contributed by atoms with Gasteiger partial charge in [0.05, 0.1) is 14.2 Å². The number of unbranched alkanes of at least 4 members (excludes halogenated alkanes) is 1. The Morgan fingerprint density at radius 3 is 2.75 bits per heavy atom. The lowest BCUT2D eigenvalue weighted by Crippen LogP contribution is -2.15. The second kappa shape index (κ2) is 9.36. The van der Waals surface area contributed by atoms with E-state index in [1.165, 1.54) is 6.33 Å². The van der Waals surface area contributed by atoms with E-state index in [1.54, 1.807) is 14.2 Å². The number of nitrogens with one attached hydrogen (secondary N) is 1. The van der Waals surface area contributed by atoms with Crippen LogP contribution in [0, 0.1) is 0 Å². The third-order valence-corrected chi connectivity index (χ3v) is 4.71. The Bertz CT molecular complexity index is 924. The van der Waals surface area contributed by atoms with Gasteiger partial charge >= 0.3 is 0 Å². The maximum Gasteiger partial charge on any atom is 0.165 e. The van der Waals surface area contributed by atoms with Crippen LogP contribution in [0.5, 0.6) is 11.5 Å². The average Bonchev–Trinajstić information content (AvgIpc) is 3.06. The minimum Gasteiger partial charge on any atom is -0.497 e. The Kier molecular flexibility index (Phi) is 6.65. The van der Waals surface area contributed by atoms with Gasteiger partial charge in [0, 0.05) is 18.5 Å². The van der Waals surface area contributed by atoms with E-state index < -0.39 is 0 Å². The highest BCUT2D eigenvalue weighted by Gasteiger charge is 2.17. The van der Waals surface area contributed by atoms with Crippen molar-refractivity contribution in [1.29, 1.82) is 0 Å².